The standard InChI is InChI=1S/C20H20N2O4/c1-25-14-16-8-10-17(11-9-16)20(24)26-15-19(23)22(13-5-12-21)18-6-3-2-4-7-18/h2-4,6-11H,5,13-15H2,1H3. The normalized spacial score (nSPS) is 10.0. The molecule has 0 saturated carbocycles. The van der Waals surface area contributed by atoms with Gasteiger partial charge in [-0.15, -0.1) is 0 Å². The summed E-state index contributed by atoms with van der Waals surface area (Å²) in [6.45, 7) is 0.306. The van der Waals surface area contributed by atoms with E-state index in [1.807, 2.05) is 12.1 Å². The summed E-state index contributed by atoms with van der Waals surface area (Å²) < 4.78 is 10.1. The molecule has 0 spiro atoms. The zero-order valence-electron chi connectivity index (χ0n) is 14.6. The number of para-hydroxylation sites is 1. The summed E-state index contributed by atoms with van der Waals surface area (Å²) >= 11 is 0. The molecular formula is C20H20N2O4. The number of ether oxygens (including phenoxy) is 2. The molecular weight excluding hydrogens is 332 g/mol. The topological polar surface area (TPSA) is 79.6 Å². The van der Waals surface area contributed by atoms with Gasteiger partial charge in [-0.3, -0.25) is 4.79 Å². The predicted molar refractivity (Wildman–Crippen MR) is 96.5 cm³/mol. The van der Waals surface area contributed by atoms with Crippen LogP contribution in [0, 0.1) is 11.3 Å². The van der Waals surface area contributed by atoms with Crippen molar-refractivity contribution in [2.24, 2.45) is 0 Å². The summed E-state index contributed by atoms with van der Waals surface area (Å²) in [6.07, 6.45) is 0.190. The van der Waals surface area contributed by atoms with Crippen molar-refractivity contribution < 1.29 is 19.1 Å². The average Bonchev–Trinajstić information content (AvgIpc) is 2.68. The lowest BCUT2D eigenvalue weighted by atomic mass is 10.1. The maximum atomic E-state index is 12.4. The maximum absolute atomic E-state index is 12.4. The van der Waals surface area contributed by atoms with Crippen molar-refractivity contribution in [2.45, 2.75) is 13.0 Å². The molecule has 0 fully saturated rings. The van der Waals surface area contributed by atoms with Gasteiger partial charge in [0.1, 0.15) is 0 Å². The second kappa shape index (κ2) is 9.97. The molecule has 2 aromatic carbocycles. The van der Waals surface area contributed by atoms with E-state index in [-0.39, 0.29) is 25.5 Å². The van der Waals surface area contributed by atoms with Gasteiger partial charge in [-0.1, -0.05) is 30.3 Å². The number of anilines is 1. The Hall–Kier alpha value is -3.17. The first-order valence-electron chi connectivity index (χ1n) is 8.13. The molecule has 0 aliphatic rings. The Balaban J connectivity index is 1.98. The third-order valence-corrected chi connectivity index (χ3v) is 3.64. The number of carbonyl (C=O) groups is 2. The molecule has 134 valence electrons. The van der Waals surface area contributed by atoms with Crippen LogP contribution in [0.2, 0.25) is 0 Å². The van der Waals surface area contributed by atoms with Crippen LogP contribution in [0.25, 0.3) is 0 Å². The quantitative estimate of drug-likeness (QED) is 0.683. The van der Waals surface area contributed by atoms with Crippen molar-refractivity contribution in [1.82, 2.24) is 0 Å². The van der Waals surface area contributed by atoms with E-state index in [1.165, 1.54) is 4.90 Å². The Morgan fingerprint density at radius 1 is 1.08 bits per heavy atom. The summed E-state index contributed by atoms with van der Waals surface area (Å²) in [5.74, 6) is -0.952. The first-order chi connectivity index (χ1) is 12.7. The summed E-state index contributed by atoms with van der Waals surface area (Å²) in [5.41, 5.74) is 1.96. The van der Waals surface area contributed by atoms with E-state index in [0.717, 1.165) is 5.56 Å². The van der Waals surface area contributed by atoms with Crippen LogP contribution >= 0.6 is 0 Å². The molecule has 0 aromatic heterocycles. The number of methoxy groups -OCH3 is 1. The zero-order chi connectivity index (χ0) is 18.8. The highest BCUT2D eigenvalue weighted by atomic mass is 16.5. The summed E-state index contributed by atoms with van der Waals surface area (Å²) in [5, 5.41) is 8.79. The van der Waals surface area contributed by atoms with Gasteiger partial charge >= 0.3 is 5.97 Å². The molecule has 2 rings (SSSR count). The number of esters is 1. The van der Waals surface area contributed by atoms with Crippen molar-refractivity contribution in [3.8, 4) is 6.07 Å². The number of carbonyl (C=O) groups excluding carboxylic acids is 2. The van der Waals surface area contributed by atoms with Gasteiger partial charge in [-0.25, -0.2) is 4.79 Å². The molecule has 2 aromatic rings. The van der Waals surface area contributed by atoms with Gasteiger partial charge in [0.05, 0.1) is 24.7 Å². The maximum Gasteiger partial charge on any atom is 0.338 e. The molecule has 0 N–H and O–H groups in total. The number of benzene rings is 2. The van der Waals surface area contributed by atoms with Gasteiger partial charge in [0.2, 0.25) is 0 Å². The van der Waals surface area contributed by atoms with Crippen molar-refractivity contribution in [2.75, 3.05) is 25.2 Å². The fraction of sp³-hybridized carbons (Fsp3) is 0.250. The average molecular weight is 352 g/mol. The molecule has 0 aliphatic carbocycles. The smallest absolute Gasteiger partial charge is 0.338 e. The van der Waals surface area contributed by atoms with E-state index in [1.54, 1.807) is 55.6 Å². The van der Waals surface area contributed by atoms with Crippen LogP contribution in [0.4, 0.5) is 5.69 Å². The summed E-state index contributed by atoms with van der Waals surface area (Å²) in [6, 6.07) is 17.8. The van der Waals surface area contributed by atoms with Gasteiger partial charge < -0.3 is 14.4 Å². The van der Waals surface area contributed by atoms with Crippen LogP contribution in [0.1, 0.15) is 22.3 Å². The van der Waals surface area contributed by atoms with Gasteiger partial charge in [-0.05, 0) is 29.8 Å². The highest BCUT2D eigenvalue weighted by Crippen LogP contribution is 2.14. The predicted octanol–water partition coefficient (Wildman–Crippen LogP) is 2.94. The Kier molecular flexibility index (Phi) is 7.34. The third-order valence-electron chi connectivity index (χ3n) is 3.64. The highest BCUT2D eigenvalue weighted by Gasteiger charge is 2.18. The second-order valence-electron chi connectivity index (χ2n) is 5.50. The van der Waals surface area contributed by atoms with E-state index in [0.29, 0.717) is 17.9 Å². The van der Waals surface area contributed by atoms with Crippen LogP contribution in [-0.2, 0) is 20.9 Å². The van der Waals surface area contributed by atoms with Crippen LogP contribution in [0.5, 0.6) is 0 Å². The molecule has 26 heavy (non-hydrogen) atoms. The van der Waals surface area contributed by atoms with Crippen LogP contribution in [0.3, 0.4) is 0 Å². The van der Waals surface area contributed by atoms with E-state index < -0.39 is 5.97 Å². The fourth-order valence-corrected chi connectivity index (χ4v) is 2.36. The molecule has 0 saturated heterocycles. The lowest BCUT2D eigenvalue weighted by Gasteiger charge is -2.21. The number of rotatable bonds is 8. The zero-order valence-corrected chi connectivity index (χ0v) is 14.6. The first kappa shape index (κ1) is 19.2. The minimum atomic E-state index is -0.574. The van der Waals surface area contributed by atoms with Gasteiger partial charge in [0.15, 0.2) is 6.61 Å². The van der Waals surface area contributed by atoms with Gasteiger partial charge in [0, 0.05) is 19.3 Å². The van der Waals surface area contributed by atoms with E-state index in [9.17, 15) is 9.59 Å². The Bertz CT molecular complexity index is 767. The van der Waals surface area contributed by atoms with Crippen LogP contribution < -0.4 is 4.90 Å². The number of nitrogens with zero attached hydrogens (tertiary/aromatic N) is 2. The molecule has 0 radical (unpaired) electrons. The highest BCUT2D eigenvalue weighted by molar-refractivity contribution is 5.97. The van der Waals surface area contributed by atoms with E-state index in [2.05, 4.69) is 0 Å². The Labute approximate surface area is 152 Å². The van der Waals surface area contributed by atoms with Gasteiger partial charge in [-0.2, -0.15) is 5.26 Å². The Morgan fingerprint density at radius 2 is 1.77 bits per heavy atom. The molecule has 0 heterocycles. The van der Waals surface area contributed by atoms with Crippen molar-refractivity contribution >= 4 is 17.6 Å². The third kappa shape index (κ3) is 5.43. The van der Waals surface area contributed by atoms with Crippen LogP contribution in [0.15, 0.2) is 54.6 Å². The first-order valence-corrected chi connectivity index (χ1v) is 8.13. The molecule has 0 unspecified atom stereocenters. The largest absolute Gasteiger partial charge is 0.452 e. The second-order valence-corrected chi connectivity index (χ2v) is 5.50. The number of amides is 1. The number of hydrogen-bond acceptors (Lipinski definition) is 5. The van der Waals surface area contributed by atoms with E-state index in [4.69, 9.17) is 14.7 Å². The van der Waals surface area contributed by atoms with E-state index >= 15 is 0 Å². The molecule has 0 aliphatic heterocycles. The monoisotopic (exact) mass is 352 g/mol. The summed E-state index contributed by atoms with van der Waals surface area (Å²) in [7, 11) is 1.60. The fourth-order valence-electron chi connectivity index (χ4n) is 2.36. The molecule has 0 bridgehead atoms. The minimum absolute atomic E-state index is 0.190. The lowest BCUT2D eigenvalue weighted by Crippen LogP contribution is -2.35. The number of hydrogen-bond donors (Lipinski definition) is 0. The molecule has 6 heteroatoms. The molecule has 0 atom stereocenters. The minimum Gasteiger partial charge on any atom is -0.452 e. The number of nitriles is 1. The SMILES string of the molecule is COCc1ccc(C(=O)OCC(=O)N(CCC#N)c2ccccc2)cc1. The summed E-state index contributed by atoms with van der Waals surface area (Å²) in [4.78, 5) is 26.0. The van der Waals surface area contributed by atoms with Crippen molar-refractivity contribution in [1.29, 1.82) is 5.26 Å². The van der Waals surface area contributed by atoms with Crippen molar-refractivity contribution in [3.05, 3.63) is 65.7 Å². The van der Waals surface area contributed by atoms with Crippen molar-refractivity contribution in [3.63, 3.8) is 0 Å². The molecule has 1 amide bonds. The van der Waals surface area contributed by atoms with Gasteiger partial charge in [0.25, 0.3) is 5.91 Å². The Morgan fingerprint density at radius 3 is 2.38 bits per heavy atom. The lowest BCUT2D eigenvalue weighted by molar-refractivity contribution is -0.121. The van der Waals surface area contributed by atoms with Crippen LogP contribution in [-0.4, -0.2) is 32.1 Å². The molecule has 6 nitrogen and oxygen atoms in total.